The molecule has 3 rings (SSSR count). The van der Waals surface area contributed by atoms with Crippen LogP contribution >= 0.6 is 11.6 Å². The first kappa shape index (κ1) is 16.7. The smallest absolute Gasteiger partial charge is 0.258 e. The van der Waals surface area contributed by atoms with Gasteiger partial charge >= 0.3 is 0 Å². The molecule has 0 spiro atoms. The summed E-state index contributed by atoms with van der Waals surface area (Å²) < 4.78 is 5.12. The van der Waals surface area contributed by atoms with Crippen molar-refractivity contribution in [2.45, 2.75) is 5.88 Å². The van der Waals surface area contributed by atoms with Gasteiger partial charge in [0.1, 0.15) is 11.3 Å². The first-order valence-electron chi connectivity index (χ1n) is 7.26. The van der Waals surface area contributed by atoms with E-state index in [1.54, 1.807) is 48.8 Å². The summed E-state index contributed by atoms with van der Waals surface area (Å²) in [6, 6.07) is 10.0. The second kappa shape index (κ2) is 7.14. The van der Waals surface area contributed by atoms with Crippen molar-refractivity contribution in [2.24, 2.45) is 5.73 Å². The minimum absolute atomic E-state index is 0.00284. The molecule has 0 bridgehead atoms. The highest BCUT2D eigenvalue weighted by Gasteiger charge is 2.24. The summed E-state index contributed by atoms with van der Waals surface area (Å²) in [4.78, 5) is 28.1. The number of aromatic nitrogens is 2. The highest BCUT2D eigenvalue weighted by Crippen LogP contribution is 2.28. The van der Waals surface area contributed by atoms with Crippen molar-refractivity contribution in [3.8, 4) is 11.3 Å². The number of nitrogens with zero attached hydrogens (tertiary/aromatic N) is 2. The molecule has 0 saturated heterocycles. The zero-order valence-corrected chi connectivity index (χ0v) is 13.7. The highest BCUT2D eigenvalue weighted by atomic mass is 35.5. The van der Waals surface area contributed by atoms with E-state index in [4.69, 9.17) is 21.9 Å². The fourth-order valence-corrected chi connectivity index (χ4v) is 2.41. The molecule has 0 saturated carbocycles. The Morgan fingerprint density at radius 1 is 1.12 bits per heavy atom. The molecule has 0 aliphatic carbocycles. The summed E-state index contributed by atoms with van der Waals surface area (Å²) in [5.74, 6) is -0.974. The molecular formula is C17H13ClN4O3. The van der Waals surface area contributed by atoms with Gasteiger partial charge in [-0.1, -0.05) is 17.3 Å². The number of carbonyl (C=O) groups is 2. The molecule has 7 nitrogen and oxygen atoms in total. The fraction of sp³-hybridized carbons (Fsp3) is 0.0588. The molecule has 1 aromatic carbocycles. The SMILES string of the molecule is NC(=O)c1c(-c2ccncc2)noc1NC(=O)c1ccc(CCl)cc1. The molecule has 0 aliphatic heterocycles. The third-order valence-electron chi connectivity index (χ3n) is 3.49. The summed E-state index contributed by atoms with van der Waals surface area (Å²) in [7, 11) is 0. The largest absolute Gasteiger partial charge is 0.365 e. The monoisotopic (exact) mass is 356 g/mol. The van der Waals surface area contributed by atoms with Crippen molar-refractivity contribution in [2.75, 3.05) is 5.32 Å². The average molecular weight is 357 g/mol. The molecular weight excluding hydrogens is 344 g/mol. The Hall–Kier alpha value is -3.19. The molecule has 2 amide bonds. The van der Waals surface area contributed by atoms with Crippen LogP contribution < -0.4 is 11.1 Å². The van der Waals surface area contributed by atoms with Gasteiger partial charge in [-0.15, -0.1) is 11.6 Å². The number of anilines is 1. The number of primary amides is 1. The number of carbonyl (C=O) groups excluding carboxylic acids is 2. The van der Waals surface area contributed by atoms with Crippen LogP contribution in [0.4, 0.5) is 5.88 Å². The predicted octanol–water partition coefficient (Wildman–Crippen LogP) is 2.83. The predicted molar refractivity (Wildman–Crippen MR) is 92.2 cm³/mol. The van der Waals surface area contributed by atoms with Gasteiger partial charge in [-0.2, -0.15) is 0 Å². The van der Waals surface area contributed by atoms with E-state index in [-0.39, 0.29) is 17.1 Å². The van der Waals surface area contributed by atoms with Crippen molar-refractivity contribution in [1.82, 2.24) is 10.1 Å². The number of pyridine rings is 1. The minimum Gasteiger partial charge on any atom is -0.365 e. The van der Waals surface area contributed by atoms with Crippen molar-refractivity contribution in [3.05, 3.63) is 65.5 Å². The summed E-state index contributed by atoms with van der Waals surface area (Å²) in [6.07, 6.45) is 3.09. The Morgan fingerprint density at radius 2 is 1.80 bits per heavy atom. The van der Waals surface area contributed by atoms with Crippen LogP contribution in [-0.2, 0) is 5.88 Å². The van der Waals surface area contributed by atoms with Crippen LogP contribution in [0, 0.1) is 0 Å². The van der Waals surface area contributed by atoms with Crippen molar-refractivity contribution in [1.29, 1.82) is 0 Å². The zero-order chi connectivity index (χ0) is 17.8. The van der Waals surface area contributed by atoms with Gasteiger partial charge in [-0.05, 0) is 29.8 Å². The Kier molecular flexibility index (Phi) is 4.76. The van der Waals surface area contributed by atoms with Gasteiger partial charge in [0.2, 0.25) is 5.88 Å². The maximum absolute atomic E-state index is 12.3. The number of nitrogens with one attached hydrogen (secondary N) is 1. The molecule has 25 heavy (non-hydrogen) atoms. The third-order valence-corrected chi connectivity index (χ3v) is 3.80. The maximum Gasteiger partial charge on any atom is 0.258 e. The summed E-state index contributed by atoms with van der Waals surface area (Å²) >= 11 is 5.73. The second-order valence-corrected chi connectivity index (χ2v) is 5.39. The summed E-state index contributed by atoms with van der Waals surface area (Å²) in [5, 5.41) is 6.36. The van der Waals surface area contributed by atoms with Gasteiger partial charge in [0.15, 0.2) is 0 Å². The van der Waals surface area contributed by atoms with E-state index in [2.05, 4.69) is 15.5 Å². The van der Waals surface area contributed by atoms with Gasteiger partial charge < -0.3 is 10.3 Å². The zero-order valence-electron chi connectivity index (χ0n) is 12.9. The van der Waals surface area contributed by atoms with Crippen LogP contribution in [0.2, 0.25) is 0 Å². The second-order valence-electron chi connectivity index (χ2n) is 5.12. The fourth-order valence-electron chi connectivity index (χ4n) is 2.23. The molecule has 0 unspecified atom stereocenters. The third kappa shape index (κ3) is 3.51. The minimum atomic E-state index is -0.763. The average Bonchev–Trinajstić information content (AvgIpc) is 3.06. The molecule has 0 radical (unpaired) electrons. The van der Waals surface area contributed by atoms with Crippen LogP contribution in [0.5, 0.6) is 0 Å². The molecule has 0 aliphatic rings. The van der Waals surface area contributed by atoms with Crippen molar-refractivity contribution < 1.29 is 14.1 Å². The van der Waals surface area contributed by atoms with E-state index in [9.17, 15) is 9.59 Å². The number of rotatable bonds is 5. The number of benzene rings is 1. The lowest BCUT2D eigenvalue weighted by molar-refractivity contribution is 0.100. The molecule has 126 valence electrons. The Balaban J connectivity index is 1.91. The Labute approximate surface area is 147 Å². The maximum atomic E-state index is 12.3. The quantitative estimate of drug-likeness (QED) is 0.683. The molecule has 8 heteroatoms. The topological polar surface area (TPSA) is 111 Å². The van der Waals surface area contributed by atoms with Crippen molar-refractivity contribution >= 4 is 29.3 Å². The normalized spacial score (nSPS) is 10.4. The van der Waals surface area contributed by atoms with Gasteiger partial charge in [-0.3, -0.25) is 19.9 Å². The first-order valence-corrected chi connectivity index (χ1v) is 7.79. The van der Waals surface area contributed by atoms with Crippen LogP contribution in [0.15, 0.2) is 53.3 Å². The number of alkyl halides is 1. The highest BCUT2D eigenvalue weighted by molar-refractivity contribution is 6.17. The van der Waals surface area contributed by atoms with E-state index < -0.39 is 11.8 Å². The number of hydrogen-bond donors (Lipinski definition) is 2. The van der Waals surface area contributed by atoms with E-state index in [0.29, 0.717) is 17.0 Å². The van der Waals surface area contributed by atoms with E-state index in [1.807, 2.05) is 0 Å². The molecule has 2 heterocycles. The lowest BCUT2D eigenvalue weighted by atomic mass is 10.1. The number of hydrogen-bond acceptors (Lipinski definition) is 5. The first-order chi connectivity index (χ1) is 12.1. The Bertz CT molecular complexity index is 907. The Morgan fingerprint density at radius 3 is 2.40 bits per heavy atom. The van der Waals surface area contributed by atoms with Crippen LogP contribution in [0.3, 0.4) is 0 Å². The van der Waals surface area contributed by atoms with E-state index >= 15 is 0 Å². The van der Waals surface area contributed by atoms with Crippen LogP contribution in [0.1, 0.15) is 26.3 Å². The number of halogens is 1. The number of amides is 2. The van der Waals surface area contributed by atoms with Crippen molar-refractivity contribution in [3.63, 3.8) is 0 Å². The molecule has 0 fully saturated rings. The van der Waals surface area contributed by atoms with Gasteiger partial charge in [-0.25, -0.2) is 0 Å². The standard InChI is InChI=1S/C17H13ClN4O3/c18-9-10-1-3-12(4-2-10)16(24)21-17-13(15(19)23)14(22-25-17)11-5-7-20-8-6-11/h1-8H,9H2,(H2,19,23)(H,21,24). The van der Waals surface area contributed by atoms with Crippen LogP contribution in [0.25, 0.3) is 11.3 Å². The van der Waals surface area contributed by atoms with Gasteiger partial charge in [0.05, 0.1) is 0 Å². The van der Waals surface area contributed by atoms with E-state index in [1.165, 1.54) is 0 Å². The molecule has 3 aromatic rings. The van der Waals surface area contributed by atoms with Gasteiger partial charge in [0.25, 0.3) is 11.8 Å². The lowest BCUT2D eigenvalue weighted by Gasteiger charge is -2.04. The van der Waals surface area contributed by atoms with Gasteiger partial charge in [0, 0.05) is 29.4 Å². The summed E-state index contributed by atoms with van der Waals surface area (Å²) in [6.45, 7) is 0. The summed E-state index contributed by atoms with van der Waals surface area (Å²) in [5.41, 5.74) is 7.53. The molecule has 2 aromatic heterocycles. The number of nitrogens with two attached hydrogens (primary N) is 1. The van der Waals surface area contributed by atoms with Crippen LogP contribution in [-0.4, -0.2) is 22.0 Å². The molecule has 3 N–H and O–H groups in total. The lowest BCUT2D eigenvalue weighted by Crippen LogP contribution is -2.17. The molecule has 0 atom stereocenters. The van der Waals surface area contributed by atoms with E-state index in [0.717, 1.165) is 5.56 Å².